The van der Waals surface area contributed by atoms with E-state index in [4.69, 9.17) is 27.6 Å². The maximum Gasteiger partial charge on any atom is 0.223 e. The van der Waals surface area contributed by atoms with Crippen molar-refractivity contribution in [1.29, 1.82) is 0 Å². The highest BCUT2D eigenvalue weighted by Crippen LogP contribution is 2.31. The Hall–Kier alpha value is -2.50. The molecule has 0 saturated carbocycles. The van der Waals surface area contributed by atoms with Crippen molar-refractivity contribution < 1.29 is 14.3 Å². The Labute approximate surface area is 185 Å². The molecule has 0 radical (unpaired) electrons. The summed E-state index contributed by atoms with van der Waals surface area (Å²) in [4.78, 5) is 18.8. The summed E-state index contributed by atoms with van der Waals surface area (Å²) < 4.78 is 5.78. The first-order valence-corrected chi connectivity index (χ1v) is 10.7. The van der Waals surface area contributed by atoms with E-state index in [1.54, 1.807) is 36.5 Å². The summed E-state index contributed by atoms with van der Waals surface area (Å²) in [6.07, 6.45) is 4.28. The number of aryl methyl sites for hydroxylation is 1. The van der Waals surface area contributed by atoms with Crippen LogP contribution in [-0.2, 0) is 11.2 Å². The third-order valence-electron chi connectivity index (χ3n) is 5.52. The van der Waals surface area contributed by atoms with Crippen molar-refractivity contribution in [3.05, 3.63) is 70.2 Å². The predicted molar refractivity (Wildman–Crippen MR) is 117 cm³/mol. The van der Waals surface area contributed by atoms with Crippen molar-refractivity contribution in [2.24, 2.45) is 0 Å². The molecule has 1 N–H and O–H groups in total. The number of carbonyl (C=O) groups excluding carboxylic acids is 1. The fourth-order valence-corrected chi connectivity index (χ4v) is 4.32. The molecule has 1 fully saturated rings. The molecule has 5 nitrogen and oxygen atoms in total. The van der Waals surface area contributed by atoms with E-state index in [-0.39, 0.29) is 11.7 Å². The van der Waals surface area contributed by atoms with E-state index in [9.17, 15) is 9.90 Å². The van der Waals surface area contributed by atoms with E-state index in [1.807, 2.05) is 17.0 Å². The number of rotatable bonds is 5. The summed E-state index contributed by atoms with van der Waals surface area (Å²) in [5.41, 5.74) is 1.94. The van der Waals surface area contributed by atoms with Crippen LogP contribution in [0.25, 0.3) is 11.3 Å². The van der Waals surface area contributed by atoms with Crippen molar-refractivity contribution in [2.75, 3.05) is 13.1 Å². The number of nitrogens with zero attached hydrogens (tertiary/aromatic N) is 2. The minimum atomic E-state index is 0.114. The summed E-state index contributed by atoms with van der Waals surface area (Å²) in [6, 6.07) is 12.6. The molecule has 7 heteroatoms. The number of phenols is 1. The molecule has 0 aliphatic carbocycles. The first-order valence-electron chi connectivity index (χ1n) is 9.96. The quantitative estimate of drug-likeness (QED) is 0.548. The van der Waals surface area contributed by atoms with Gasteiger partial charge >= 0.3 is 0 Å². The maximum absolute atomic E-state index is 12.6. The molecule has 0 atom stereocenters. The molecule has 0 spiro atoms. The maximum atomic E-state index is 12.6. The SMILES string of the molecule is O=C(CCc1ncc(-c2ccc(Cl)cc2Cl)o1)N1CCC(c2ccc(O)cc2)CC1. The predicted octanol–water partition coefficient (Wildman–Crippen LogP) is 5.69. The highest BCUT2D eigenvalue weighted by atomic mass is 35.5. The van der Waals surface area contributed by atoms with Crippen molar-refractivity contribution in [3.8, 4) is 17.1 Å². The number of aromatic hydroxyl groups is 1. The van der Waals surface area contributed by atoms with Crippen molar-refractivity contribution in [1.82, 2.24) is 9.88 Å². The lowest BCUT2D eigenvalue weighted by Gasteiger charge is -2.32. The molecule has 30 heavy (non-hydrogen) atoms. The van der Waals surface area contributed by atoms with Crippen molar-refractivity contribution in [2.45, 2.75) is 31.6 Å². The molecule has 1 aliphatic heterocycles. The zero-order chi connectivity index (χ0) is 21.1. The number of amides is 1. The molecule has 0 unspecified atom stereocenters. The van der Waals surface area contributed by atoms with Crippen LogP contribution in [0.15, 0.2) is 53.1 Å². The van der Waals surface area contributed by atoms with E-state index in [2.05, 4.69) is 4.98 Å². The van der Waals surface area contributed by atoms with Gasteiger partial charge in [-0.05, 0) is 54.7 Å². The second-order valence-electron chi connectivity index (χ2n) is 7.49. The van der Waals surface area contributed by atoms with Crippen LogP contribution < -0.4 is 0 Å². The van der Waals surface area contributed by atoms with Crippen LogP contribution >= 0.6 is 23.2 Å². The number of benzene rings is 2. The van der Waals surface area contributed by atoms with Crippen LogP contribution in [0.3, 0.4) is 0 Å². The monoisotopic (exact) mass is 444 g/mol. The molecule has 1 aromatic heterocycles. The van der Waals surface area contributed by atoms with Gasteiger partial charge in [-0.1, -0.05) is 35.3 Å². The summed E-state index contributed by atoms with van der Waals surface area (Å²) in [6.45, 7) is 1.48. The number of hydrogen-bond acceptors (Lipinski definition) is 4. The normalized spacial score (nSPS) is 14.8. The molecule has 1 saturated heterocycles. The van der Waals surface area contributed by atoms with E-state index < -0.39 is 0 Å². The zero-order valence-electron chi connectivity index (χ0n) is 16.4. The second kappa shape index (κ2) is 9.11. The Morgan fingerprint density at radius 1 is 1.13 bits per heavy atom. The highest BCUT2D eigenvalue weighted by Gasteiger charge is 2.24. The Balaban J connectivity index is 1.29. The Morgan fingerprint density at radius 3 is 2.57 bits per heavy atom. The van der Waals surface area contributed by atoms with Crippen LogP contribution in [0.2, 0.25) is 10.0 Å². The van der Waals surface area contributed by atoms with Crippen LogP contribution in [0.4, 0.5) is 0 Å². The summed E-state index contributed by atoms with van der Waals surface area (Å²) >= 11 is 12.2. The van der Waals surface area contributed by atoms with E-state index in [0.29, 0.717) is 40.5 Å². The number of hydrogen-bond donors (Lipinski definition) is 1. The van der Waals surface area contributed by atoms with Gasteiger partial charge in [-0.15, -0.1) is 0 Å². The van der Waals surface area contributed by atoms with Gasteiger partial charge in [0, 0.05) is 36.5 Å². The topological polar surface area (TPSA) is 66.6 Å². The molecule has 1 amide bonds. The van der Waals surface area contributed by atoms with Gasteiger partial charge in [0.2, 0.25) is 5.91 Å². The number of phenolic OH excluding ortho intramolecular Hbond substituents is 1. The van der Waals surface area contributed by atoms with E-state index >= 15 is 0 Å². The Bertz CT molecular complexity index is 1030. The van der Waals surface area contributed by atoms with Crippen molar-refractivity contribution in [3.63, 3.8) is 0 Å². The first kappa shape index (κ1) is 20.8. The van der Waals surface area contributed by atoms with Gasteiger partial charge in [0.15, 0.2) is 11.7 Å². The highest BCUT2D eigenvalue weighted by molar-refractivity contribution is 6.36. The Morgan fingerprint density at radius 2 is 1.87 bits per heavy atom. The smallest absolute Gasteiger partial charge is 0.223 e. The molecule has 1 aliphatic rings. The number of oxazole rings is 1. The van der Waals surface area contributed by atoms with E-state index in [0.717, 1.165) is 31.5 Å². The minimum absolute atomic E-state index is 0.114. The number of piperidine rings is 1. The third-order valence-corrected chi connectivity index (χ3v) is 6.06. The average molecular weight is 445 g/mol. The van der Waals surface area contributed by atoms with Crippen molar-refractivity contribution >= 4 is 29.1 Å². The number of aromatic nitrogens is 1. The number of halogens is 2. The molecule has 2 heterocycles. The van der Waals surface area contributed by atoms with Gasteiger partial charge in [0.1, 0.15) is 5.75 Å². The van der Waals surface area contributed by atoms with Gasteiger partial charge in [-0.25, -0.2) is 4.98 Å². The molecular formula is C23H22Cl2N2O3. The van der Waals surface area contributed by atoms with Gasteiger partial charge in [-0.3, -0.25) is 4.79 Å². The molecular weight excluding hydrogens is 423 g/mol. The van der Waals surface area contributed by atoms with Gasteiger partial charge in [0.05, 0.1) is 11.2 Å². The number of likely N-dealkylation sites (tertiary alicyclic amines) is 1. The van der Waals surface area contributed by atoms with Gasteiger partial charge < -0.3 is 14.4 Å². The lowest BCUT2D eigenvalue weighted by molar-refractivity contribution is -0.132. The van der Waals surface area contributed by atoms with Crippen LogP contribution in [0, 0.1) is 0 Å². The fraction of sp³-hybridized carbons (Fsp3) is 0.304. The van der Waals surface area contributed by atoms with Crippen LogP contribution in [-0.4, -0.2) is 34.0 Å². The molecule has 4 rings (SSSR count). The average Bonchev–Trinajstić information content (AvgIpc) is 3.21. The molecule has 156 valence electrons. The van der Waals surface area contributed by atoms with Crippen LogP contribution in [0.1, 0.15) is 36.6 Å². The largest absolute Gasteiger partial charge is 0.508 e. The minimum Gasteiger partial charge on any atom is -0.508 e. The van der Waals surface area contributed by atoms with Crippen LogP contribution in [0.5, 0.6) is 5.75 Å². The second-order valence-corrected chi connectivity index (χ2v) is 8.33. The zero-order valence-corrected chi connectivity index (χ0v) is 17.9. The molecule has 0 bridgehead atoms. The lowest BCUT2D eigenvalue weighted by Crippen LogP contribution is -2.38. The summed E-state index contributed by atoms with van der Waals surface area (Å²) in [5, 5.41) is 10.5. The van der Waals surface area contributed by atoms with E-state index in [1.165, 1.54) is 5.56 Å². The van der Waals surface area contributed by atoms with Gasteiger partial charge in [-0.2, -0.15) is 0 Å². The standard InChI is InChI=1S/C23H22Cl2N2O3/c24-17-3-6-19(20(25)13-17)21-14-26-22(30-21)7-8-23(29)27-11-9-16(10-12-27)15-1-4-18(28)5-2-15/h1-6,13-14,16,28H,7-12H2. The van der Waals surface area contributed by atoms with Gasteiger partial charge in [0.25, 0.3) is 0 Å². The first-order chi connectivity index (χ1) is 14.5. The summed E-state index contributed by atoms with van der Waals surface area (Å²) in [5.74, 6) is 1.90. The Kier molecular flexibility index (Phi) is 6.30. The lowest BCUT2D eigenvalue weighted by atomic mass is 9.89. The summed E-state index contributed by atoms with van der Waals surface area (Å²) in [7, 11) is 0. The number of carbonyl (C=O) groups is 1. The molecule has 2 aromatic carbocycles. The fourth-order valence-electron chi connectivity index (χ4n) is 3.82. The molecule has 3 aromatic rings. The third kappa shape index (κ3) is 4.79.